The molecule has 4 nitrogen and oxygen atoms in total. The molecule has 5 heteroatoms. The summed E-state index contributed by atoms with van der Waals surface area (Å²) in [7, 11) is 3.27. The molecule has 2 aromatic rings. The van der Waals surface area contributed by atoms with Gasteiger partial charge in [0, 0.05) is 0 Å². The molecule has 0 aromatic heterocycles. The minimum atomic E-state index is -0.910. The number of aromatic carboxylic acids is 1. The van der Waals surface area contributed by atoms with Crippen molar-refractivity contribution < 1.29 is 19.4 Å². The van der Waals surface area contributed by atoms with Gasteiger partial charge in [-0.3, -0.25) is 0 Å². The third-order valence-electron chi connectivity index (χ3n) is 3.52. The van der Waals surface area contributed by atoms with E-state index in [2.05, 4.69) is 0 Å². The predicted molar refractivity (Wildman–Crippen MR) is 87.4 cm³/mol. The predicted octanol–water partition coefficient (Wildman–Crippen LogP) is 1.67. The van der Waals surface area contributed by atoms with Gasteiger partial charge in [-0.25, -0.2) is 0 Å². The number of rotatable bonds is 5. The average Bonchev–Trinajstić information content (AvgIpc) is 2.51. The monoisotopic (exact) mass is 366 g/mol. The Bertz CT molecular complexity index is 710. The number of carboxylic acids is 1. The number of hydrogen-bond donors (Lipinski definition) is 1. The molecule has 0 atom stereocenters. The first kappa shape index (κ1) is 16.4. The zero-order valence-electron chi connectivity index (χ0n) is 13.0. The van der Waals surface area contributed by atoms with Gasteiger partial charge in [0.25, 0.3) is 0 Å². The van der Waals surface area contributed by atoms with Crippen molar-refractivity contribution in [2.24, 2.45) is 0 Å². The molecular weight excluding hydrogens is 347 g/mol. The normalized spacial score (nSPS) is 10.4. The Kier molecular flexibility index (Phi) is 5.11. The van der Waals surface area contributed by atoms with Crippen LogP contribution in [0.4, 0.5) is 0 Å². The molecule has 0 fully saturated rings. The number of carboxylic acid groups (broad SMARTS) is 1. The van der Waals surface area contributed by atoms with E-state index >= 15 is 0 Å². The van der Waals surface area contributed by atoms with E-state index in [0.717, 1.165) is 31.5 Å². The van der Waals surface area contributed by atoms with E-state index in [-0.39, 0.29) is 15.0 Å². The van der Waals surface area contributed by atoms with Crippen LogP contribution in [-0.2, 0) is 0 Å². The van der Waals surface area contributed by atoms with Crippen LogP contribution in [0.3, 0.4) is 0 Å². The Labute approximate surface area is 136 Å². The molecule has 0 unspecified atom stereocenters. The van der Waals surface area contributed by atoms with Crippen LogP contribution in [0.5, 0.6) is 11.5 Å². The van der Waals surface area contributed by atoms with Crippen LogP contribution in [0.2, 0.25) is 0 Å². The van der Waals surface area contributed by atoms with Gasteiger partial charge in [0.05, 0.1) is 0 Å². The van der Waals surface area contributed by atoms with Crippen molar-refractivity contribution in [2.45, 2.75) is 13.8 Å². The van der Waals surface area contributed by atoms with Crippen LogP contribution in [0.15, 0.2) is 30.3 Å². The van der Waals surface area contributed by atoms with E-state index in [9.17, 15) is 9.90 Å². The molecule has 0 aliphatic rings. The average molecular weight is 365 g/mol. The van der Waals surface area contributed by atoms with Crippen molar-refractivity contribution in [3.05, 3.63) is 47.0 Å². The molecule has 0 aliphatic carbocycles. The van der Waals surface area contributed by atoms with Gasteiger partial charge in [-0.05, 0) is 0 Å². The van der Waals surface area contributed by atoms with Crippen molar-refractivity contribution >= 4 is 29.8 Å². The number of benzene rings is 2. The molecule has 0 spiro atoms. The van der Waals surface area contributed by atoms with Crippen LogP contribution in [0, 0.1) is 13.8 Å². The molecule has 22 heavy (non-hydrogen) atoms. The summed E-state index contributed by atoms with van der Waals surface area (Å²) < 4.78 is 12.7. The Morgan fingerprint density at radius 3 is 2.32 bits per heavy atom. The van der Waals surface area contributed by atoms with Gasteiger partial charge in [-0.1, -0.05) is 0 Å². The molecule has 0 saturated carbocycles. The third kappa shape index (κ3) is 3.11. The van der Waals surface area contributed by atoms with E-state index in [1.165, 1.54) is 0 Å². The van der Waals surface area contributed by atoms with Crippen LogP contribution in [0.1, 0.15) is 21.5 Å². The van der Waals surface area contributed by atoms with E-state index in [1.807, 2.05) is 32.0 Å². The van der Waals surface area contributed by atoms with Gasteiger partial charge in [0.2, 0.25) is 0 Å². The second-order valence-corrected chi connectivity index (χ2v) is 7.04. The first-order valence-corrected chi connectivity index (χ1v) is 8.43. The minimum absolute atomic E-state index is 0.188. The molecule has 0 bridgehead atoms. The number of ether oxygens (including phenoxy) is 2. The van der Waals surface area contributed by atoms with Crippen molar-refractivity contribution in [3.63, 3.8) is 0 Å². The zero-order chi connectivity index (χ0) is 16.3. The van der Waals surface area contributed by atoms with Gasteiger partial charge >= 0.3 is 136 Å². The molecule has 116 valence electrons. The molecule has 0 amide bonds. The number of hydrogen-bond acceptors (Lipinski definition) is 3. The maximum absolute atomic E-state index is 11.4. The summed E-state index contributed by atoms with van der Waals surface area (Å²) in [4.78, 5) is 11.4. The van der Waals surface area contributed by atoms with Crippen molar-refractivity contribution in [3.8, 4) is 11.5 Å². The summed E-state index contributed by atoms with van der Waals surface area (Å²) in [6.45, 7) is 3.97. The first-order chi connectivity index (χ1) is 10.5. The van der Waals surface area contributed by atoms with Gasteiger partial charge in [-0.15, -0.1) is 0 Å². The van der Waals surface area contributed by atoms with E-state index in [0.29, 0.717) is 5.56 Å². The van der Waals surface area contributed by atoms with Gasteiger partial charge in [0.1, 0.15) is 0 Å². The first-order valence-electron chi connectivity index (χ1n) is 6.72. The molecule has 2 aromatic carbocycles. The Balaban J connectivity index is 2.54. The van der Waals surface area contributed by atoms with Crippen LogP contribution >= 0.6 is 0 Å². The molecule has 0 radical (unpaired) electrons. The van der Waals surface area contributed by atoms with Crippen molar-refractivity contribution in [2.75, 3.05) is 14.2 Å². The zero-order valence-corrected chi connectivity index (χ0v) is 14.7. The maximum atomic E-state index is 11.4. The van der Waals surface area contributed by atoms with Gasteiger partial charge in [0.15, 0.2) is 0 Å². The van der Waals surface area contributed by atoms with Gasteiger partial charge in [-0.2, -0.15) is 0 Å². The standard InChI is InChI=1S/C17H18O4Se/c1-10-11(2)16(21-4)15(9-13(10)20-3)22-14-8-6-5-7-12(14)17(18)19/h5-9H,1-4H3,(H,18,19). The summed E-state index contributed by atoms with van der Waals surface area (Å²) in [6, 6.07) is 9.02. The third-order valence-corrected chi connectivity index (χ3v) is 5.83. The van der Waals surface area contributed by atoms with E-state index in [4.69, 9.17) is 9.47 Å². The molecule has 0 saturated heterocycles. The topological polar surface area (TPSA) is 55.8 Å². The summed E-state index contributed by atoms with van der Waals surface area (Å²) >= 11 is -0.188. The molecular formula is C17H18O4Se. The quantitative estimate of drug-likeness (QED) is 0.820. The summed E-state index contributed by atoms with van der Waals surface area (Å²) in [5, 5.41) is 9.32. The van der Waals surface area contributed by atoms with Crippen molar-refractivity contribution in [1.29, 1.82) is 0 Å². The second-order valence-electron chi connectivity index (χ2n) is 4.76. The SMILES string of the molecule is COc1cc([Se]c2ccccc2C(=O)O)c(OC)c(C)c1C. The van der Waals surface area contributed by atoms with Crippen LogP contribution in [0.25, 0.3) is 0 Å². The Morgan fingerprint density at radius 2 is 1.73 bits per heavy atom. The second kappa shape index (κ2) is 6.86. The van der Waals surface area contributed by atoms with E-state index in [1.54, 1.807) is 26.4 Å². The fourth-order valence-corrected chi connectivity index (χ4v) is 4.63. The van der Waals surface area contributed by atoms with Gasteiger partial charge < -0.3 is 0 Å². The molecule has 2 rings (SSSR count). The Morgan fingerprint density at radius 1 is 1.05 bits per heavy atom. The summed E-state index contributed by atoms with van der Waals surface area (Å²) in [5.74, 6) is 0.689. The number of methoxy groups -OCH3 is 2. The fraction of sp³-hybridized carbons (Fsp3) is 0.235. The van der Waals surface area contributed by atoms with E-state index < -0.39 is 5.97 Å². The molecule has 0 aliphatic heterocycles. The fourth-order valence-electron chi connectivity index (χ4n) is 2.23. The molecule has 1 N–H and O–H groups in total. The van der Waals surface area contributed by atoms with Crippen LogP contribution < -0.4 is 18.4 Å². The van der Waals surface area contributed by atoms with Crippen molar-refractivity contribution in [1.82, 2.24) is 0 Å². The summed E-state index contributed by atoms with van der Waals surface area (Å²) in [5.41, 5.74) is 2.39. The Hall–Kier alpha value is -1.97. The summed E-state index contributed by atoms with van der Waals surface area (Å²) in [6.07, 6.45) is 0. The number of carbonyl (C=O) groups is 1. The van der Waals surface area contributed by atoms with Crippen LogP contribution in [-0.4, -0.2) is 40.3 Å². The molecule has 0 heterocycles.